The summed E-state index contributed by atoms with van der Waals surface area (Å²) < 4.78 is 4.59. The number of hydrogen-bond acceptors (Lipinski definition) is 6. The Hall–Kier alpha value is -2.74. The molecule has 1 aliphatic rings. The molecule has 1 saturated heterocycles. The van der Waals surface area contributed by atoms with E-state index in [9.17, 15) is 14.4 Å². The molecule has 0 saturated carbocycles. The number of nitrogens with zero attached hydrogens (tertiary/aromatic N) is 2. The SMILES string of the molecule is COC(=O)Cc1csc(NC(=O)C2CC(=O)N(c3ccc(C)cc3)C2)n1. The predicted octanol–water partition coefficient (Wildman–Crippen LogP) is 2.16. The van der Waals surface area contributed by atoms with Crippen molar-refractivity contribution in [3.05, 3.63) is 40.9 Å². The van der Waals surface area contributed by atoms with Crippen LogP contribution in [0.5, 0.6) is 0 Å². The van der Waals surface area contributed by atoms with Crippen molar-refractivity contribution < 1.29 is 19.1 Å². The van der Waals surface area contributed by atoms with Crippen molar-refractivity contribution in [1.82, 2.24) is 4.98 Å². The van der Waals surface area contributed by atoms with Crippen molar-refractivity contribution in [2.24, 2.45) is 5.92 Å². The van der Waals surface area contributed by atoms with E-state index in [1.807, 2.05) is 31.2 Å². The second-order valence-corrected chi connectivity index (χ2v) is 6.99. The second kappa shape index (κ2) is 7.65. The number of carbonyl (C=O) groups is 3. The van der Waals surface area contributed by atoms with Gasteiger partial charge in [0.1, 0.15) is 0 Å². The van der Waals surface area contributed by atoms with E-state index in [4.69, 9.17) is 0 Å². The van der Waals surface area contributed by atoms with Gasteiger partial charge in [-0.3, -0.25) is 14.4 Å². The summed E-state index contributed by atoms with van der Waals surface area (Å²) in [5.74, 6) is -1.13. The smallest absolute Gasteiger partial charge is 0.311 e. The lowest BCUT2D eigenvalue weighted by Crippen LogP contribution is -2.28. The van der Waals surface area contributed by atoms with Gasteiger partial charge >= 0.3 is 5.97 Å². The highest BCUT2D eigenvalue weighted by Crippen LogP contribution is 2.27. The number of methoxy groups -OCH3 is 1. The Kier molecular flexibility index (Phi) is 5.32. The summed E-state index contributed by atoms with van der Waals surface area (Å²) in [6.45, 7) is 2.32. The van der Waals surface area contributed by atoms with E-state index in [0.29, 0.717) is 17.4 Å². The fourth-order valence-corrected chi connectivity index (χ4v) is 3.44. The van der Waals surface area contributed by atoms with Gasteiger partial charge in [-0.25, -0.2) is 4.98 Å². The number of aryl methyl sites for hydroxylation is 1. The van der Waals surface area contributed by atoms with Crippen LogP contribution in [0.3, 0.4) is 0 Å². The normalized spacial score (nSPS) is 16.6. The molecule has 2 amide bonds. The number of amides is 2. The van der Waals surface area contributed by atoms with Gasteiger partial charge in [0, 0.05) is 24.0 Å². The summed E-state index contributed by atoms with van der Waals surface area (Å²) in [5, 5.41) is 4.85. The average molecular weight is 373 g/mol. The van der Waals surface area contributed by atoms with E-state index in [1.165, 1.54) is 18.4 Å². The van der Waals surface area contributed by atoms with E-state index in [0.717, 1.165) is 11.3 Å². The molecule has 1 aromatic heterocycles. The van der Waals surface area contributed by atoms with Crippen LogP contribution in [0.4, 0.5) is 10.8 Å². The van der Waals surface area contributed by atoms with Crippen LogP contribution in [0.1, 0.15) is 17.7 Å². The Morgan fingerprint density at radius 3 is 2.77 bits per heavy atom. The van der Waals surface area contributed by atoms with Crippen LogP contribution in [-0.2, 0) is 25.5 Å². The molecule has 1 unspecified atom stereocenters. The van der Waals surface area contributed by atoms with Gasteiger partial charge in [-0.1, -0.05) is 17.7 Å². The lowest BCUT2D eigenvalue weighted by Gasteiger charge is -2.16. The number of hydrogen-bond donors (Lipinski definition) is 1. The summed E-state index contributed by atoms with van der Waals surface area (Å²) in [6, 6.07) is 7.64. The number of aromatic nitrogens is 1. The molecule has 2 aromatic rings. The number of ether oxygens (including phenoxy) is 1. The van der Waals surface area contributed by atoms with Gasteiger partial charge in [0.25, 0.3) is 0 Å². The third-order valence-corrected chi connectivity index (χ3v) is 4.98. The Labute approximate surface area is 155 Å². The van der Waals surface area contributed by atoms with Gasteiger partial charge in [-0.15, -0.1) is 11.3 Å². The van der Waals surface area contributed by atoms with Crippen molar-refractivity contribution in [2.45, 2.75) is 19.8 Å². The third kappa shape index (κ3) is 4.08. The molecule has 2 heterocycles. The number of anilines is 2. The van der Waals surface area contributed by atoms with Crippen LogP contribution in [-0.4, -0.2) is 36.4 Å². The van der Waals surface area contributed by atoms with Crippen LogP contribution >= 0.6 is 11.3 Å². The Morgan fingerprint density at radius 2 is 2.08 bits per heavy atom. The van der Waals surface area contributed by atoms with Gasteiger partial charge in [0.15, 0.2) is 5.13 Å². The minimum Gasteiger partial charge on any atom is -0.469 e. The van der Waals surface area contributed by atoms with Crippen LogP contribution < -0.4 is 10.2 Å². The molecule has 7 nitrogen and oxygen atoms in total. The maximum absolute atomic E-state index is 12.5. The van der Waals surface area contributed by atoms with E-state index < -0.39 is 5.92 Å². The third-order valence-electron chi connectivity index (χ3n) is 4.18. The molecular weight excluding hydrogens is 354 g/mol. The minimum atomic E-state index is -0.434. The van der Waals surface area contributed by atoms with Crippen LogP contribution in [0.25, 0.3) is 0 Å². The van der Waals surface area contributed by atoms with E-state index in [1.54, 1.807) is 10.3 Å². The van der Waals surface area contributed by atoms with Crippen LogP contribution in [0, 0.1) is 12.8 Å². The van der Waals surface area contributed by atoms with Crippen molar-refractivity contribution in [2.75, 3.05) is 23.9 Å². The standard InChI is InChI=1S/C18H19N3O4S/c1-11-3-5-14(6-4-11)21-9-12(7-15(21)22)17(24)20-18-19-13(10-26-18)8-16(23)25-2/h3-6,10,12H,7-9H2,1-2H3,(H,19,20,24). The highest BCUT2D eigenvalue weighted by molar-refractivity contribution is 7.13. The molecule has 0 aliphatic carbocycles. The van der Waals surface area contributed by atoms with E-state index >= 15 is 0 Å². The second-order valence-electron chi connectivity index (χ2n) is 6.13. The molecular formula is C18H19N3O4S. The topological polar surface area (TPSA) is 88.6 Å². The Bertz CT molecular complexity index is 831. The number of rotatable bonds is 5. The molecule has 0 bridgehead atoms. The molecule has 3 rings (SSSR count). The average Bonchev–Trinajstić information content (AvgIpc) is 3.22. The monoisotopic (exact) mass is 373 g/mol. The Morgan fingerprint density at radius 1 is 1.35 bits per heavy atom. The highest BCUT2D eigenvalue weighted by atomic mass is 32.1. The first kappa shape index (κ1) is 18.1. The molecule has 1 atom stereocenters. The lowest BCUT2D eigenvalue weighted by atomic mass is 10.1. The zero-order valence-electron chi connectivity index (χ0n) is 14.5. The number of carbonyl (C=O) groups excluding carboxylic acids is 3. The first-order chi connectivity index (χ1) is 12.5. The number of nitrogens with one attached hydrogen (secondary N) is 1. The van der Waals surface area contributed by atoms with E-state index in [2.05, 4.69) is 15.0 Å². The molecule has 0 radical (unpaired) electrons. The fourth-order valence-electron chi connectivity index (χ4n) is 2.73. The van der Waals surface area contributed by atoms with Crippen molar-refractivity contribution >= 4 is 39.9 Å². The van der Waals surface area contributed by atoms with E-state index in [-0.39, 0.29) is 30.6 Å². The number of esters is 1. The first-order valence-electron chi connectivity index (χ1n) is 8.15. The maximum Gasteiger partial charge on any atom is 0.311 e. The van der Waals surface area contributed by atoms with Crippen molar-refractivity contribution in [1.29, 1.82) is 0 Å². The van der Waals surface area contributed by atoms with Gasteiger partial charge in [0.05, 0.1) is 25.1 Å². The zero-order chi connectivity index (χ0) is 18.7. The summed E-state index contributed by atoms with van der Waals surface area (Å²) in [7, 11) is 1.31. The molecule has 8 heteroatoms. The van der Waals surface area contributed by atoms with Crippen molar-refractivity contribution in [3.63, 3.8) is 0 Å². The molecule has 1 aliphatic heterocycles. The van der Waals surface area contributed by atoms with Gasteiger partial charge in [-0.2, -0.15) is 0 Å². The zero-order valence-corrected chi connectivity index (χ0v) is 15.3. The molecule has 0 spiro atoms. The van der Waals surface area contributed by atoms with Gasteiger partial charge in [0.2, 0.25) is 11.8 Å². The molecule has 26 heavy (non-hydrogen) atoms. The van der Waals surface area contributed by atoms with Crippen LogP contribution in [0.15, 0.2) is 29.6 Å². The summed E-state index contributed by atoms with van der Waals surface area (Å²) in [4.78, 5) is 41.8. The predicted molar refractivity (Wildman–Crippen MR) is 98.1 cm³/mol. The fraction of sp³-hybridized carbons (Fsp3) is 0.333. The molecule has 1 fully saturated rings. The largest absolute Gasteiger partial charge is 0.469 e. The first-order valence-corrected chi connectivity index (χ1v) is 9.03. The highest BCUT2D eigenvalue weighted by Gasteiger charge is 2.35. The summed E-state index contributed by atoms with van der Waals surface area (Å²) in [5.41, 5.74) is 2.45. The molecule has 136 valence electrons. The lowest BCUT2D eigenvalue weighted by molar-refractivity contribution is -0.139. The van der Waals surface area contributed by atoms with Gasteiger partial charge in [-0.05, 0) is 19.1 Å². The van der Waals surface area contributed by atoms with Crippen molar-refractivity contribution in [3.8, 4) is 0 Å². The van der Waals surface area contributed by atoms with Crippen LogP contribution in [0.2, 0.25) is 0 Å². The summed E-state index contributed by atoms with van der Waals surface area (Å²) >= 11 is 1.24. The molecule has 1 N–H and O–H groups in total. The summed E-state index contributed by atoms with van der Waals surface area (Å²) in [6.07, 6.45) is 0.228. The Balaban J connectivity index is 1.61. The molecule has 1 aromatic carbocycles. The number of thiazole rings is 1. The minimum absolute atomic E-state index is 0.0615. The quantitative estimate of drug-likeness (QED) is 0.812. The number of benzene rings is 1. The van der Waals surface area contributed by atoms with Gasteiger partial charge < -0.3 is 15.0 Å². The maximum atomic E-state index is 12.5.